The van der Waals surface area contributed by atoms with E-state index in [4.69, 9.17) is 18.9 Å². The second-order valence-corrected chi connectivity index (χ2v) is 7.53. The molecule has 5 aliphatic rings. The van der Waals surface area contributed by atoms with Gasteiger partial charge in [-0.15, -0.1) is 0 Å². The molecule has 19 heavy (non-hydrogen) atoms. The molecule has 0 amide bonds. The number of rotatable bonds is 2. The van der Waals surface area contributed by atoms with E-state index in [1.807, 2.05) is 6.92 Å². The molecule has 0 bridgehead atoms. The Hall–Kier alpha value is -0.160. The summed E-state index contributed by atoms with van der Waals surface area (Å²) in [7, 11) is 0. The van der Waals surface area contributed by atoms with Crippen LogP contribution in [0, 0.1) is 22.7 Å². The van der Waals surface area contributed by atoms with E-state index < -0.39 is 5.79 Å². The van der Waals surface area contributed by atoms with Crippen LogP contribution in [0.25, 0.3) is 0 Å². The van der Waals surface area contributed by atoms with Crippen molar-refractivity contribution in [1.82, 2.24) is 0 Å². The molecule has 0 N–H and O–H groups in total. The third-order valence-electron chi connectivity index (χ3n) is 6.14. The highest BCUT2D eigenvalue weighted by atomic mass is 16.7. The van der Waals surface area contributed by atoms with E-state index in [0.29, 0.717) is 18.6 Å². The Kier molecular flexibility index (Phi) is 1.83. The van der Waals surface area contributed by atoms with Gasteiger partial charge >= 0.3 is 0 Å². The van der Waals surface area contributed by atoms with E-state index in [1.165, 1.54) is 6.42 Å². The lowest BCUT2D eigenvalue weighted by molar-refractivity contribution is -0.353. The molecule has 3 aliphatic carbocycles. The van der Waals surface area contributed by atoms with Gasteiger partial charge in [0.1, 0.15) is 0 Å². The molecule has 0 aromatic rings. The fourth-order valence-electron chi connectivity index (χ4n) is 4.52. The largest absolute Gasteiger partial charge is 0.349 e. The topological polar surface area (TPSA) is 36.9 Å². The molecule has 4 nitrogen and oxygen atoms in total. The third-order valence-corrected chi connectivity index (χ3v) is 6.14. The van der Waals surface area contributed by atoms with Crippen molar-refractivity contribution < 1.29 is 18.9 Å². The molecule has 2 saturated heterocycles. The fraction of sp³-hybridized carbons (Fsp3) is 1.00. The van der Waals surface area contributed by atoms with Crippen LogP contribution in [0.4, 0.5) is 0 Å². The van der Waals surface area contributed by atoms with Gasteiger partial charge in [0.15, 0.2) is 11.6 Å². The maximum absolute atomic E-state index is 6.12. The lowest BCUT2D eigenvalue weighted by Gasteiger charge is -2.48. The summed E-state index contributed by atoms with van der Waals surface area (Å²) in [4.78, 5) is 0. The van der Waals surface area contributed by atoms with Crippen molar-refractivity contribution in [3.05, 3.63) is 0 Å². The highest BCUT2D eigenvalue weighted by Crippen LogP contribution is 3.03. The highest BCUT2D eigenvalue weighted by molar-refractivity contribution is 5.51. The normalized spacial score (nSPS) is 64.7. The fourth-order valence-corrected chi connectivity index (χ4v) is 4.52. The number of fused-ring (bicyclic) bond motifs is 2. The smallest absolute Gasteiger partial charge is 0.178 e. The van der Waals surface area contributed by atoms with Gasteiger partial charge in [0.05, 0.1) is 31.8 Å². The van der Waals surface area contributed by atoms with Crippen LogP contribution >= 0.6 is 0 Å². The van der Waals surface area contributed by atoms with Gasteiger partial charge in [0.25, 0.3) is 0 Å². The summed E-state index contributed by atoms with van der Waals surface area (Å²) in [6.07, 6.45) is 3.36. The van der Waals surface area contributed by atoms with E-state index in [9.17, 15) is 0 Å². The van der Waals surface area contributed by atoms with Crippen LogP contribution in [0.2, 0.25) is 0 Å². The first kappa shape index (κ1) is 11.5. The molecule has 3 atom stereocenters. The van der Waals surface area contributed by atoms with E-state index in [0.717, 1.165) is 37.9 Å². The SMILES string of the molecule is CCCC1(C)OCC2(CO1)COC1(OC2)C2C3CC321. The van der Waals surface area contributed by atoms with Crippen LogP contribution in [0.3, 0.4) is 0 Å². The van der Waals surface area contributed by atoms with Crippen LogP contribution in [0.1, 0.15) is 33.1 Å². The molecular weight excluding hydrogens is 244 g/mol. The van der Waals surface area contributed by atoms with E-state index >= 15 is 0 Å². The van der Waals surface area contributed by atoms with Crippen molar-refractivity contribution in [3.63, 3.8) is 0 Å². The summed E-state index contributed by atoms with van der Waals surface area (Å²) < 4.78 is 24.2. The molecule has 3 unspecified atom stereocenters. The van der Waals surface area contributed by atoms with Gasteiger partial charge in [-0.2, -0.15) is 0 Å². The predicted molar refractivity (Wildman–Crippen MR) is 66.3 cm³/mol. The molecule has 0 aromatic heterocycles. The lowest BCUT2D eigenvalue weighted by Crippen LogP contribution is -2.56. The first-order chi connectivity index (χ1) is 9.10. The third kappa shape index (κ3) is 1.17. The van der Waals surface area contributed by atoms with Gasteiger partial charge in [0, 0.05) is 17.8 Å². The zero-order valence-electron chi connectivity index (χ0n) is 11.7. The second kappa shape index (κ2) is 3.03. The average Bonchev–Trinajstić information content (AvgIpc) is 3.29. The number of hydrogen-bond donors (Lipinski definition) is 0. The van der Waals surface area contributed by atoms with Crippen molar-refractivity contribution in [1.29, 1.82) is 0 Å². The maximum Gasteiger partial charge on any atom is 0.178 e. The average molecular weight is 266 g/mol. The molecule has 106 valence electrons. The van der Waals surface area contributed by atoms with Crippen LogP contribution in [-0.2, 0) is 18.9 Å². The minimum Gasteiger partial charge on any atom is -0.349 e. The van der Waals surface area contributed by atoms with Gasteiger partial charge in [-0.05, 0) is 19.3 Å². The second-order valence-electron chi connectivity index (χ2n) is 7.53. The summed E-state index contributed by atoms with van der Waals surface area (Å²) in [5, 5.41) is 0. The number of hydrogen-bond acceptors (Lipinski definition) is 4. The Labute approximate surface area is 113 Å². The number of ether oxygens (including phenoxy) is 4. The Morgan fingerprint density at radius 1 is 1.00 bits per heavy atom. The first-order valence-electron chi connectivity index (χ1n) is 7.66. The molecule has 2 aliphatic heterocycles. The zero-order chi connectivity index (χ0) is 12.9. The minimum atomic E-state index is -0.406. The van der Waals surface area contributed by atoms with Gasteiger partial charge < -0.3 is 18.9 Å². The predicted octanol–water partition coefficient (Wildman–Crippen LogP) is 1.93. The first-order valence-corrected chi connectivity index (χ1v) is 7.66. The summed E-state index contributed by atoms with van der Waals surface area (Å²) in [5.41, 5.74) is 0.413. The lowest BCUT2D eigenvalue weighted by atomic mass is 9.89. The summed E-state index contributed by atoms with van der Waals surface area (Å²) in [6.45, 7) is 7.06. The van der Waals surface area contributed by atoms with Crippen molar-refractivity contribution in [2.24, 2.45) is 22.7 Å². The van der Waals surface area contributed by atoms with E-state index in [1.54, 1.807) is 0 Å². The highest BCUT2D eigenvalue weighted by Gasteiger charge is 3.08. The molecule has 4 heteroatoms. The Balaban J connectivity index is 1.23. The molecule has 3 saturated carbocycles. The van der Waals surface area contributed by atoms with Gasteiger partial charge in [-0.25, -0.2) is 0 Å². The molecule has 5 rings (SSSR count). The molecule has 3 spiro atoms. The van der Waals surface area contributed by atoms with Crippen molar-refractivity contribution in [3.8, 4) is 0 Å². The molecule has 2 heterocycles. The summed E-state index contributed by atoms with van der Waals surface area (Å²) in [6, 6.07) is 0. The summed E-state index contributed by atoms with van der Waals surface area (Å²) in [5.74, 6) is 1.13. The van der Waals surface area contributed by atoms with Crippen molar-refractivity contribution >= 4 is 0 Å². The Morgan fingerprint density at radius 2 is 1.58 bits per heavy atom. The summed E-state index contributed by atoms with van der Waals surface area (Å²) >= 11 is 0. The van der Waals surface area contributed by atoms with E-state index in [2.05, 4.69) is 6.92 Å². The van der Waals surface area contributed by atoms with Crippen LogP contribution < -0.4 is 0 Å². The maximum atomic E-state index is 6.12. The van der Waals surface area contributed by atoms with Gasteiger partial charge in [0.2, 0.25) is 0 Å². The molecule has 5 fully saturated rings. The molecule has 0 radical (unpaired) electrons. The van der Waals surface area contributed by atoms with Gasteiger partial charge in [-0.1, -0.05) is 13.3 Å². The van der Waals surface area contributed by atoms with E-state index in [-0.39, 0.29) is 11.2 Å². The minimum absolute atomic E-state index is 0.0748. The molecular formula is C15H22O4. The van der Waals surface area contributed by atoms with Crippen LogP contribution in [0.5, 0.6) is 0 Å². The van der Waals surface area contributed by atoms with Crippen molar-refractivity contribution in [2.45, 2.75) is 44.7 Å². The van der Waals surface area contributed by atoms with Crippen LogP contribution in [-0.4, -0.2) is 38.0 Å². The zero-order valence-corrected chi connectivity index (χ0v) is 11.7. The standard InChI is InChI=1S/C15H22O4/c1-3-4-12(2)16-6-13(7-17-12)8-18-15(19-9-13)11-10-5-14(10,11)15/h10-11H,3-9H2,1-2H3. The van der Waals surface area contributed by atoms with Crippen LogP contribution in [0.15, 0.2) is 0 Å². The van der Waals surface area contributed by atoms with Gasteiger partial charge in [-0.3, -0.25) is 0 Å². The Bertz CT molecular complexity index is 429. The Morgan fingerprint density at radius 3 is 2.05 bits per heavy atom. The quantitative estimate of drug-likeness (QED) is 0.765. The molecule has 0 aromatic carbocycles. The van der Waals surface area contributed by atoms with Crippen molar-refractivity contribution in [2.75, 3.05) is 26.4 Å². The monoisotopic (exact) mass is 266 g/mol.